The Morgan fingerprint density at radius 3 is 2.95 bits per heavy atom. The first-order valence-corrected chi connectivity index (χ1v) is 6.94. The molecule has 1 aliphatic rings. The van der Waals surface area contributed by atoms with Gasteiger partial charge in [0, 0.05) is 26.2 Å². The first-order valence-electron chi connectivity index (χ1n) is 6.94. The molecule has 1 aliphatic heterocycles. The molecule has 0 saturated carbocycles. The molecule has 1 aromatic heterocycles. The molecule has 1 fully saturated rings. The van der Waals surface area contributed by atoms with Crippen molar-refractivity contribution in [3.05, 3.63) is 24.2 Å². The van der Waals surface area contributed by atoms with Crippen LogP contribution in [0.4, 0.5) is 0 Å². The zero-order valence-corrected chi connectivity index (χ0v) is 11.5. The lowest BCUT2D eigenvalue weighted by Crippen LogP contribution is -2.37. The average Bonchev–Trinajstić information content (AvgIpc) is 2.85. The second kappa shape index (κ2) is 6.73. The van der Waals surface area contributed by atoms with Gasteiger partial charge >= 0.3 is 0 Å². The van der Waals surface area contributed by atoms with Crippen molar-refractivity contribution in [2.24, 2.45) is 11.7 Å². The summed E-state index contributed by atoms with van der Waals surface area (Å²) in [6.07, 6.45) is 4.07. The van der Waals surface area contributed by atoms with Gasteiger partial charge in [-0.05, 0) is 31.5 Å². The van der Waals surface area contributed by atoms with Crippen molar-refractivity contribution in [2.75, 3.05) is 39.3 Å². The van der Waals surface area contributed by atoms with E-state index in [1.54, 1.807) is 12.3 Å². The molecule has 5 heteroatoms. The van der Waals surface area contributed by atoms with Gasteiger partial charge in [0.15, 0.2) is 0 Å². The van der Waals surface area contributed by atoms with Crippen LogP contribution < -0.4 is 5.73 Å². The zero-order valence-electron chi connectivity index (χ0n) is 11.5. The van der Waals surface area contributed by atoms with Crippen LogP contribution in [0.2, 0.25) is 0 Å². The van der Waals surface area contributed by atoms with E-state index in [-0.39, 0.29) is 5.91 Å². The molecular formula is C14H23N3O2. The molecule has 2 rings (SSSR count). The molecular weight excluding hydrogens is 242 g/mol. The second-order valence-corrected chi connectivity index (χ2v) is 5.30. The van der Waals surface area contributed by atoms with E-state index in [1.807, 2.05) is 4.90 Å². The highest BCUT2D eigenvalue weighted by Gasteiger charge is 2.21. The smallest absolute Gasteiger partial charge is 0.257 e. The summed E-state index contributed by atoms with van der Waals surface area (Å²) in [6, 6.07) is 1.72. The lowest BCUT2D eigenvalue weighted by molar-refractivity contribution is 0.0760. The maximum absolute atomic E-state index is 12.2. The Hall–Kier alpha value is -1.33. The van der Waals surface area contributed by atoms with Crippen LogP contribution in [0, 0.1) is 5.92 Å². The molecule has 0 bridgehead atoms. The number of nitrogens with two attached hydrogens (primary N) is 1. The molecule has 1 saturated heterocycles. The fourth-order valence-electron chi connectivity index (χ4n) is 2.44. The molecule has 2 N–H and O–H groups in total. The van der Waals surface area contributed by atoms with Gasteiger partial charge in [0.1, 0.15) is 6.26 Å². The highest BCUT2D eigenvalue weighted by Crippen LogP contribution is 2.10. The van der Waals surface area contributed by atoms with Crippen molar-refractivity contribution in [1.82, 2.24) is 9.80 Å². The maximum Gasteiger partial charge on any atom is 0.257 e. The molecule has 1 amide bonds. The van der Waals surface area contributed by atoms with Gasteiger partial charge in [-0.15, -0.1) is 0 Å². The Balaban J connectivity index is 1.88. The van der Waals surface area contributed by atoms with E-state index in [1.165, 1.54) is 6.26 Å². The van der Waals surface area contributed by atoms with Gasteiger partial charge in [0.05, 0.1) is 11.8 Å². The number of amides is 1. The summed E-state index contributed by atoms with van der Waals surface area (Å²) >= 11 is 0. The van der Waals surface area contributed by atoms with Gasteiger partial charge in [0.25, 0.3) is 5.91 Å². The van der Waals surface area contributed by atoms with Crippen LogP contribution in [0.25, 0.3) is 0 Å². The third-order valence-electron chi connectivity index (χ3n) is 3.62. The van der Waals surface area contributed by atoms with Crippen molar-refractivity contribution in [3.63, 3.8) is 0 Å². The molecule has 1 unspecified atom stereocenters. The summed E-state index contributed by atoms with van der Waals surface area (Å²) in [5, 5.41) is 0. The van der Waals surface area contributed by atoms with Crippen LogP contribution in [0.1, 0.15) is 23.7 Å². The highest BCUT2D eigenvalue weighted by atomic mass is 16.3. The third-order valence-corrected chi connectivity index (χ3v) is 3.62. The van der Waals surface area contributed by atoms with E-state index in [0.717, 1.165) is 39.1 Å². The van der Waals surface area contributed by atoms with Crippen molar-refractivity contribution < 1.29 is 9.21 Å². The van der Waals surface area contributed by atoms with Gasteiger partial charge in [-0.3, -0.25) is 4.79 Å². The Bertz CT molecular complexity index is 391. The lowest BCUT2D eigenvalue weighted by Gasteiger charge is -2.23. The van der Waals surface area contributed by atoms with Crippen LogP contribution in [0.5, 0.6) is 0 Å². The molecule has 1 aromatic rings. The highest BCUT2D eigenvalue weighted by molar-refractivity contribution is 5.93. The summed E-state index contributed by atoms with van der Waals surface area (Å²) in [5.74, 6) is 0.582. The fourth-order valence-corrected chi connectivity index (χ4v) is 2.44. The minimum Gasteiger partial charge on any atom is -0.472 e. The number of hydrogen-bond acceptors (Lipinski definition) is 4. The number of carbonyl (C=O) groups is 1. The average molecular weight is 265 g/mol. The summed E-state index contributed by atoms with van der Waals surface area (Å²) in [4.78, 5) is 16.5. The molecule has 1 atom stereocenters. The Morgan fingerprint density at radius 2 is 2.26 bits per heavy atom. The van der Waals surface area contributed by atoms with E-state index in [9.17, 15) is 4.79 Å². The number of hydrogen-bond donors (Lipinski definition) is 1. The van der Waals surface area contributed by atoms with Crippen molar-refractivity contribution in [2.45, 2.75) is 13.3 Å². The summed E-state index contributed by atoms with van der Waals surface area (Å²) in [6.45, 7) is 7.46. The standard InChI is InChI=1S/C14H23N3O2/c1-12(9-15)10-16-4-2-5-17(7-6-16)14(18)13-3-8-19-11-13/h3,8,11-12H,2,4-7,9-10,15H2,1H3. The molecule has 0 aliphatic carbocycles. The monoisotopic (exact) mass is 265 g/mol. The van der Waals surface area contributed by atoms with Gasteiger partial charge in [-0.25, -0.2) is 0 Å². The number of rotatable bonds is 4. The van der Waals surface area contributed by atoms with Crippen LogP contribution in [0.3, 0.4) is 0 Å². The molecule has 19 heavy (non-hydrogen) atoms. The largest absolute Gasteiger partial charge is 0.472 e. The van der Waals surface area contributed by atoms with Crippen molar-refractivity contribution >= 4 is 5.91 Å². The minimum atomic E-state index is 0.0717. The third kappa shape index (κ3) is 3.81. The van der Waals surface area contributed by atoms with Crippen LogP contribution in [0.15, 0.2) is 23.0 Å². The molecule has 0 radical (unpaired) electrons. The summed E-state index contributed by atoms with van der Waals surface area (Å²) in [7, 11) is 0. The molecule has 0 aromatic carbocycles. The first-order chi connectivity index (χ1) is 9.20. The quantitative estimate of drug-likeness (QED) is 0.883. The number of nitrogens with zero attached hydrogens (tertiary/aromatic N) is 2. The van der Waals surface area contributed by atoms with Crippen molar-refractivity contribution in [3.8, 4) is 0 Å². The normalized spacial score (nSPS) is 19.2. The zero-order chi connectivity index (χ0) is 13.7. The predicted octanol–water partition coefficient (Wildman–Crippen LogP) is 1.02. The second-order valence-electron chi connectivity index (χ2n) is 5.30. The van der Waals surface area contributed by atoms with E-state index in [0.29, 0.717) is 18.0 Å². The number of carbonyl (C=O) groups excluding carboxylic acids is 1. The van der Waals surface area contributed by atoms with Gasteiger partial charge < -0.3 is 20.0 Å². The van der Waals surface area contributed by atoms with Gasteiger partial charge in [-0.2, -0.15) is 0 Å². The van der Waals surface area contributed by atoms with Crippen LogP contribution in [-0.2, 0) is 0 Å². The molecule has 0 spiro atoms. The molecule has 2 heterocycles. The van der Waals surface area contributed by atoms with Gasteiger partial charge in [0.2, 0.25) is 0 Å². The van der Waals surface area contributed by atoms with E-state index in [2.05, 4.69) is 11.8 Å². The maximum atomic E-state index is 12.2. The van der Waals surface area contributed by atoms with E-state index in [4.69, 9.17) is 10.2 Å². The lowest BCUT2D eigenvalue weighted by atomic mass is 10.1. The Labute approximate surface area is 114 Å². The van der Waals surface area contributed by atoms with E-state index < -0.39 is 0 Å². The van der Waals surface area contributed by atoms with Gasteiger partial charge in [-0.1, -0.05) is 6.92 Å². The molecule has 5 nitrogen and oxygen atoms in total. The van der Waals surface area contributed by atoms with E-state index >= 15 is 0 Å². The van der Waals surface area contributed by atoms with Crippen LogP contribution >= 0.6 is 0 Å². The Morgan fingerprint density at radius 1 is 1.42 bits per heavy atom. The minimum absolute atomic E-state index is 0.0717. The topological polar surface area (TPSA) is 62.7 Å². The predicted molar refractivity (Wildman–Crippen MR) is 73.9 cm³/mol. The Kier molecular flexibility index (Phi) is 4.99. The summed E-state index contributed by atoms with van der Waals surface area (Å²) in [5.41, 5.74) is 6.31. The SMILES string of the molecule is CC(CN)CN1CCCN(C(=O)c2ccoc2)CC1. The fraction of sp³-hybridized carbons (Fsp3) is 0.643. The number of furan rings is 1. The van der Waals surface area contributed by atoms with Crippen LogP contribution in [-0.4, -0.2) is 55.0 Å². The molecule has 106 valence electrons. The summed E-state index contributed by atoms with van der Waals surface area (Å²) < 4.78 is 4.97. The van der Waals surface area contributed by atoms with Crippen molar-refractivity contribution in [1.29, 1.82) is 0 Å². The first kappa shape index (κ1) is 14.1.